The van der Waals surface area contributed by atoms with Gasteiger partial charge in [0, 0.05) is 21.1 Å². The Bertz CT molecular complexity index is 880. The van der Waals surface area contributed by atoms with Crippen molar-refractivity contribution >= 4 is 18.1 Å². The van der Waals surface area contributed by atoms with Gasteiger partial charge in [0.2, 0.25) is 0 Å². The number of carbonyl (C=O) groups is 1. The summed E-state index contributed by atoms with van der Waals surface area (Å²) in [5.74, 6) is -0.359. The van der Waals surface area contributed by atoms with E-state index < -0.39 is 30.5 Å². The van der Waals surface area contributed by atoms with Crippen LogP contribution in [0.3, 0.4) is 0 Å². The van der Waals surface area contributed by atoms with Crippen molar-refractivity contribution in [1.82, 2.24) is 14.7 Å². The molecule has 0 aliphatic heterocycles. The van der Waals surface area contributed by atoms with E-state index in [2.05, 4.69) is 15.4 Å². The summed E-state index contributed by atoms with van der Waals surface area (Å²) in [5, 5.41) is 16.8. The standard InChI is InChI=1S/C18H22F3N5O2/c1-10(11-5-6-12(16(20)21)14(19)7-11)26-17(23-18(22-2)25(3)4)13(8-27)15(9-28)24-26/h5-8,10,16,28H,9H2,1-4H3,(H,22,23). The number of aliphatic hydroxyl groups excluding tert-OH is 1. The lowest BCUT2D eigenvalue weighted by atomic mass is 10.1. The minimum atomic E-state index is -2.92. The average molecular weight is 397 g/mol. The zero-order chi connectivity index (χ0) is 21.0. The lowest BCUT2D eigenvalue weighted by molar-refractivity contribution is 0.112. The third-order valence-corrected chi connectivity index (χ3v) is 4.27. The van der Waals surface area contributed by atoms with Gasteiger partial charge in [0.25, 0.3) is 6.43 Å². The molecule has 0 spiro atoms. The van der Waals surface area contributed by atoms with E-state index in [1.54, 1.807) is 33.0 Å². The van der Waals surface area contributed by atoms with Crippen molar-refractivity contribution in [1.29, 1.82) is 0 Å². The quantitative estimate of drug-likeness (QED) is 0.445. The normalized spacial score (nSPS) is 13.0. The van der Waals surface area contributed by atoms with Crippen LogP contribution in [0.2, 0.25) is 0 Å². The molecule has 1 atom stereocenters. The van der Waals surface area contributed by atoms with Gasteiger partial charge in [-0.25, -0.2) is 17.9 Å². The van der Waals surface area contributed by atoms with E-state index in [9.17, 15) is 23.1 Å². The molecule has 28 heavy (non-hydrogen) atoms. The average Bonchev–Trinajstić information content (AvgIpc) is 3.01. The van der Waals surface area contributed by atoms with Crippen molar-refractivity contribution < 1.29 is 23.1 Å². The van der Waals surface area contributed by atoms with Gasteiger partial charge in [0.1, 0.15) is 17.3 Å². The predicted octanol–water partition coefficient (Wildman–Crippen LogP) is 2.83. The van der Waals surface area contributed by atoms with Crippen LogP contribution in [0.1, 0.15) is 46.6 Å². The molecule has 0 saturated heterocycles. The molecule has 1 heterocycles. The fourth-order valence-corrected chi connectivity index (χ4v) is 2.73. The topological polar surface area (TPSA) is 82.7 Å². The molecule has 1 aromatic heterocycles. The molecule has 1 unspecified atom stereocenters. The number of anilines is 1. The van der Waals surface area contributed by atoms with Crippen LogP contribution in [0, 0.1) is 5.82 Å². The van der Waals surface area contributed by atoms with Gasteiger partial charge in [0.05, 0.1) is 23.8 Å². The number of aliphatic hydroxyl groups is 1. The molecule has 0 radical (unpaired) electrons. The maximum absolute atomic E-state index is 14.0. The van der Waals surface area contributed by atoms with Crippen LogP contribution in [0.5, 0.6) is 0 Å². The molecular weight excluding hydrogens is 375 g/mol. The fourth-order valence-electron chi connectivity index (χ4n) is 2.73. The van der Waals surface area contributed by atoms with Crippen molar-refractivity contribution in [2.24, 2.45) is 4.99 Å². The first-order valence-electron chi connectivity index (χ1n) is 8.41. The Morgan fingerprint density at radius 3 is 2.57 bits per heavy atom. The van der Waals surface area contributed by atoms with Gasteiger partial charge < -0.3 is 15.3 Å². The summed E-state index contributed by atoms with van der Waals surface area (Å²) < 4.78 is 41.0. The molecule has 0 aliphatic carbocycles. The van der Waals surface area contributed by atoms with Crippen molar-refractivity contribution in [2.75, 3.05) is 26.5 Å². The van der Waals surface area contributed by atoms with E-state index in [-0.39, 0.29) is 17.1 Å². The molecule has 0 amide bonds. The molecule has 2 aromatic rings. The van der Waals surface area contributed by atoms with E-state index in [1.165, 1.54) is 10.7 Å². The maximum atomic E-state index is 14.0. The molecule has 0 saturated carbocycles. The molecule has 10 heteroatoms. The van der Waals surface area contributed by atoms with E-state index in [4.69, 9.17) is 0 Å². The number of nitrogens with zero attached hydrogens (tertiary/aromatic N) is 4. The zero-order valence-corrected chi connectivity index (χ0v) is 15.9. The maximum Gasteiger partial charge on any atom is 0.266 e. The lowest BCUT2D eigenvalue weighted by Crippen LogP contribution is -2.31. The van der Waals surface area contributed by atoms with E-state index in [0.717, 1.165) is 12.1 Å². The Balaban J connectivity index is 2.56. The monoisotopic (exact) mass is 397 g/mol. The second kappa shape index (κ2) is 8.87. The van der Waals surface area contributed by atoms with Gasteiger partial charge in [-0.2, -0.15) is 5.10 Å². The SMILES string of the molecule is CN=C(Nc1c(C=O)c(CO)nn1C(C)c1ccc(C(F)F)c(F)c1)N(C)C. The number of aldehydes is 1. The van der Waals surface area contributed by atoms with E-state index >= 15 is 0 Å². The first kappa shape index (κ1) is 21.4. The highest BCUT2D eigenvalue weighted by molar-refractivity contribution is 5.97. The Hall–Kier alpha value is -2.88. The fraction of sp³-hybridized carbons (Fsp3) is 0.389. The Labute approximate surface area is 160 Å². The van der Waals surface area contributed by atoms with Crippen LogP contribution in [-0.4, -0.2) is 53.2 Å². The third kappa shape index (κ3) is 4.16. The second-order valence-corrected chi connectivity index (χ2v) is 6.25. The minimum Gasteiger partial charge on any atom is -0.390 e. The molecule has 7 nitrogen and oxygen atoms in total. The molecule has 2 rings (SSSR count). The van der Waals surface area contributed by atoms with Crippen molar-refractivity contribution in [3.63, 3.8) is 0 Å². The van der Waals surface area contributed by atoms with Crippen LogP contribution < -0.4 is 5.32 Å². The number of benzene rings is 1. The Kier molecular flexibility index (Phi) is 6.79. The largest absolute Gasteiger partial charge is 0.390 e. The number of aromatic nitrogens is 2. The highest BCUT2D eigenvalue weighted by atomic mass is 19.3. The van der Waals surface area contributed by atoms with Crippen LogP contribution in [-0.2, 0) is 6.61 Å². The highest BCUT2D eigenvalue weighted by Gasteiger charge is 2.24. The minimum absolute atomic E-state index is 0.127. The first-order valence-corrected chi connectivity index (χ1v) is 8.41. The zero-order valence-electron chi connectivity index (χ0n) is 15.9. The number of halogens is 3. The summed E-state index contributed by atoms with van der Waals surface area (Å²) in [5.41, 5.74) is -0.0631. The van der Waals surface area contributed by atoms with Gasteiger partial charge >= 0.3 is 0 Å². The van der Waals surface area contributed by atoms with Crippen LogP contribution >= 0.6 is 0 Å². The molecule has 0 bridgehead atoms. The summed E-state index contributed by atoms with van der Waals surface area (Å²) in [6, 6.07) is 2.79. The summed E-state index contributed by atoms with van der Waals surface area (Å²) in [6.07, 6.45) is -2.37. The number of rotatable bonds is 6. The molecule has 0 aliphatic rings. The van der Waals surface area contributed by atoms with Gasteiger partial charge in [-0.15, -0.1) is 0 Å². The van der Waals surface area contributed by atoms with Crippen LogP contribution in [0.4, 0.5) is 19.0 Å². The summed E-state index contributed by atoms with van der Waals surface area (Å²) in [6.45, 7) is 1.19. The number of hydrogen-bond acceptors (Lipinski definition) is 4. The third-order valence-electron chi connectivity index (χ3n) is 4.27. The number of carbonyl (C=O) groups excluding carboxylic acids is 1. The van der Waals surface area contributed by atoms with Crippen molar-refractivity contribution in [3.05, 3.63) is 46.4 Å². The summed E-state index contributed by atoms with van der Waals surface area (Å²) in [7, 11) is 5.04. The predicted molar refractivity (Wildman–Crippen MR) is 99.4 cm³/mol. The smallest absolute Gasteiger partial charge is 0.266 e. The molecule has 1 aromatic carbocycles. The van der Waals surface area contributed by atoms with E-state index in [1.807, 2.05) is 0 Å². The van der Waals surface area contributed by atoms with Crippen molar-refractivity contribution in [2.45, 2.75) is 26.0 Å². The number of alkyl halides is 2. The van der Waals surface area contributed by atoms with Gasteiger partial charge in [-0.05, 0) is 18.6 Å². The molecule has 2 N–H and O–H groups in total. The Morgan fingerprint density at radius 1 is 1.43 bits per heavy atom. The highest BCUT2D eigenvalue weighted by Crippen LogP contribution is 2.30. The first-order chi connectivity index (χ1) is 13.2. The van der Waals surface area contributed by atoms with Gasteiger partial charge in [-0.3, -0.25) is 9.79 Å². The lowest BCUT2D eigenvalue weighted by Gasteiger charge is -2.21. The molecule has 152 valence electrons. The van der Waals surface area contributed by atoms with Crippen LogP contribution in [0.15, 0.2) is 23.2 Å². The molecule has 0 fully saturated rings. The van der Waals surface area contributed by atoms with Crippen molar-refractivity contribution in [3.8, 4) is 0 Å². The summed E-state index contributed by atoms with van der Waals surface area (Å²) in [4.78, 5) is 17.3. The van der Waals surface area contributed by atoms with Gasteiger partial charge in [-0.1, -0.05) is 12.1 Å². The molecular formula is C18H22F3N5O2. The number of aliphatic imine (C=N–C) groups is 1. The van der Waals surface area contributed by atoms with Crippen LogP contribution in [0.25, 0.3) is 0 Å². The number of guanidine groups is 1. The second-order valence-electron chi connectivity index (χ2n) is 6.25. The Morgan fingerprint density at radius 2 is 2.11 bits per heavy atom. The number of hydrogen-bond donors (Lipinski definition) is 2. The van der Waals surface area contributed by atoms with Gasteiger partial charge in [0.15, 0.2) is 12.2 Å². The number of nitrogens with one attached hydrogen (secondary N) is 1. The summed E-state index contributed by atoms with van der Waals surface area (Å²) >= 11 is 0. The van der Waals surface area contributed by atoms with E-state index in [0.29, 0.717) is 17.8 Å².